The summed E-state index contributed by atoms with van der Waals surface area (Å²) in [5.41, 5.74) is 7.54. The molecule has 2 heterocycles. The number of carbonyl (C=O) groups excluding carboxylic acids is 1. The lowest BCUT2D eigenvalue weighted by molar-refractivity contribution is -0.144. The SMILES string of the molecule is CCCCN(CCN)C(=O)CN1CC(c2cc(OC)c3c(c2)OCO3)C(C(=O)O)C1CC(C)(C)C=C(C)C. The Kier molecular flexibility index (Phi) is 10.1. The van der Waals surface area contributed by atoms with Crippen LogP contribution in [0.2, 0.25) is 0 Å². The van der Waals surface area contributed by atoms with E-state index >= 15 is 0 Å². The fourth-order valence-electron chi connectivity index (χ4n) is 5.97. The molecule has 3 N–H and O–H groups in total. The fraction of sp³-hybridized carbons (Fsp3) is 0.655. The van der Waals surface area contributed by atoms with Gasteiger partial charge >= 0.3 is 5.97 Å². The number of methoxy groups -OCH3 is 1. The van der Waals surface area contributed by atoms with Crippen molar-refractivity contribution < 1.29 is 28.9 Å². The number of nitrogens with zero attached hydrogens (tertiary/aromatic N) is 2. The Balaban J connectivity index is 2.00. The van der Waals surface area contributed by atoms with E-state index in [1.807, 2.05) is 30.9 Å². The first-order valence-electron chi connectivity index (χ1n) is 13.6. The average Bonchev–Trinajstić information content (AvgIpc) is 3.44. The van der Waals surface area contributed by atoms with E-state index in [1.54, 1.807) is 7.11 Å². The van der Waals surface area contributed by atoms with Crippen LogP contribution in [0.15, 0.2) is 23.8 Å². The number of aliphatic carboxylic acids is 1. The summed E-state index contributed by atoms with van der Waals surface area (Å²) >= 11 is 0. The monoisotopic (exact) mass is 531 g/mol. The molecule has 38 heavy (non-hydrogen) atoms. The van der Waals surface area contributed by atoms with E-state index in [-0.39, 0.29) is 36.6 Å². The molecule has 2 aliphatic rings. The number of rotatable bonds is 13. The number of carboxylic acid groups (broad SMARTS) is 1. The van der Waals surface area contributed by atoms with Crippen molar-refractivity contribution in [3.8, 4) is 17.2 Å². The third-order valence-electron chi connectivity index (χ3n) is 7.43. The van der Waals surface area contributed by atoms with Crippen LogP contribution in [0.4, 0.5) is 0 Å². The number of amides is 1. The zero-order valence-corrected chi connectivity index (χ0v) is 23.8. The number of fused-ring (bicyclic) bond motifs is 1. The van der Waals surface area contributed by atoms with Gasteiger partial charge in [-0.05, 0) is 49.8 Å². The van der Waals surface area contributed by atoms with Gasteiger partial charge in [-0.2, -0.15) is 0 Å². The van der Waals surface area contributed by atoms with E-state index in [4.69, 9.17) is 19.9 Å². The van der Waals surface area contributed by atoms with Crippen LogP contribution < -0.4 is 19.9 Å². The number of allylic oxidation sites excluding steroid dienone is 2. The van der Waals surface area contributed by atoms with Crippen LogP contribution in [-0.4, -0.2) is 79.5 Å². The summed E-state index contributed by atoms with van der Waals surface area (Å²) in [4.78, 5) is 30.2. The van der Waals surface area contributed by atoms with E-state index < -0.39 is 11.9 Å². The third-order valence-corrected chi connectivity index (χ3v) is 7.43. The molecule has 212 valence electrons. The Bertz CT molecular complexity index is 1020. The van der Waals surface area contributed by atoms with Crippen molar-refractivity contribution in [3.63, 3.8) is 0 Å². The Morgan fingerprint density at radius 2 is 2.00 bits per heavy atom. The van der Waals surface area contributed by atoms with Gasteiger partial charge in [0.1, 0.15) is 0 Å². The number of hydrogen-bond donors (Lipinski definition) is 2. The highest BCUT2D eigenvalue weighted by molar-refractivity contribution is 5.79. The van der Waals surface area contributed by atoms with Crippen molar-refractivity contribution in [1.82, 2.24) is 9.80 Å². The highest BCUT2D eigenvalue weighted by atomic mass is 16.7. The molecule has 1 amide bonds. The molecule has 3 unspecified atom stereocenters. The molecule has 1 aromatic carbocycles. The minimum absolute atomic E-state index is 0.0121. The molecular formula is C29H45N3O6. The van der Waals surface area contributed by atoms with Gasteiger partial charge in [0.25, 0.3) is 0 Å². The lowest BCUT2D eigenvalue weighted by Crippen LogP contribution is -2.46. The van der Waals surface area contributed by atoms with E-state index in [0.717, 1.165) is 18.4 Å². The summed E-state index contributed by atoms with van der Waals surface area (Å²) in [7, 11) is 1.56. The Hall–Kier alpha value is -2.78. The van der Waals surface area contributed by atoms with Crippen LogP contribution >= 0.6 is 0 Å². The standard InChI is InChI=1S/C29H45N3O6/c1-7-8-10-31(11-9-30)25(33)17-32-16-21(20-12-23(36-6)27-24(13-20)37-18-38-27)26(28(34)35)22(32)15-29(4,5)14-19(2)3/h12-14,21-22,26H,7-11,15-18,30H2,1-6H3,(H,34,35). The number of hydrogen-bond acceptors (Lipinski definition) is 7. The number of carboxylic acids is 1. The van der Waals surface area contributed by atoms with Crippen LogP contribution in [0.3, 0.4) is 0 Å². The van der Waals surface area contributed by atoms with Crippen molar-refractivity contribution in [1.29, 1.82) is 0 Å². The number of nitrogens with two attached hydrogens (primary N) is 1. The second-order valence-corrected chi connectivity index (χ2v) is 11.4. The molecule has 1 aromatic rings. The van der Waals surface area contributed by atoms with Gasteiger partial charge < -0.3 is 30.0 Å². The van der Waals surface area contributed by atoms with Crippen LogP contribution in [0, 0.1) is 11.3 Å². The number of unbranched alkanes of at least 4 members (excludes halogenated alkanes) is 1. The van der Waals surface area contributed by atoms with Crippen molar-refractivity contribution in [3.05, 3.63) is 29.3 Å². The maximum Gasteiger partial charge on any atom is 0.308 e. The van der Waals surface area contributed by atoms with Crippen molar-refractivity contribution in [2.24, 2.45) is 17.1 Å². The molecule has 0 aliphatic carbocycles. The maximum absolute atomic E-state index is 13.5. The van der Waals surface area contributed by atoms with E-state index in [0.29, 0.717) is 49.8 Å². The highest BCUT2D eigenvalue weighted by Gasteiger charge is 2.49. The zero-order valence-electron chi connectivity index (χ0n) is 23.8. The molecule has 9 nitrogen and oxygen atoms in total. The minimum atomic E-state index is -0.871. The molecule has 2 aliphatic heterocycles. The Morgan fingerprint density at radius 3 is 2.61 bits per heavy atom. The van der Waals surface area contributed by atoms with Gasteiger partial charge in [-0.25, -0.2) is 0 Å². The zero-order chi connectivity index (χ0) is 28.0. The van der Waals surface area contributed by atoms with Gasteiger partial charge in [-0.3, -0.25) is 14.5 Å². The molecule has 0 saturated carbocycles. The second kappa shape index (κ2) is 12.8. The molecular weight excluding hydrogens is 486 g/mol. The van der Waals surface area contributed by atoms with Gasteiger partial charge in [0, 0.05) is 38.1 Å². The van der Waals surface area contributed by atoms with Gasteiger partial charge in [0.15, 0.2) is 11.5 Å². The smallest absolute Gasteiger partial charge is 0.308 e. The first kappa shape index (κ1) is 29.8. The second-order valence-electron chi connectivity index (χ2n) is 11.4. The van der Waals surface area contributed by atoms with Gasteiger partial charge in [0.2, 0.25) is 18.4 Å². The Labute approximate surface area is 226 Å². The lowest BCUT2D eigenvalue weighted by atomic mass is 9.77. The molecule has 1 fully saturated rings. The van der Waals surface area contributed by atoms with Crippen molar-refractivity contribution in [2.45, 2.75) is 65.8 Å². The lowest BCUT2D eigenvalue weighted by Gasteiger charge is -2.34. The topological polar surface area (TPSA) is 115 Å². The van der Waals surface area contributed by atoms with Crippen LogP contribution in [0.5, 0.6) is 17.2 Å². The van der Waals surface area contributed by atoms with Crippen LogP contribution in [0.25, 0.3) is 0 Å². The number of likely N-dealkylation sites (tertiary alicyclic amines) is 1. The average molecular weight is 532 g/mol. The normalized spacial score (nSPS) is 20.9. The third kappa shape index (κ3) is 6.99. The summed E-state index contributed by atoms with van der Waals surface area (Å²) < 4.78 is 16.7. The Morgan fingerprint density at radius 1 is 1.26 bits per heavy atom. The number of benzene rings is 1. The fourth-order valence-corrected chi connectivity index (χ4v) is 5.97. The summed E-state index contributed by atoms with van der Waals surface area (Å²) in [6, 6.07) is 3.37. The van der Waals surface area contributed by atoms with Gasteiger partial charge in [-0.15, -0.1) is 0 Å². The molecule has 3 atom stereocenters. The number of ether oxygens (including phenoxy) is 3. The maximum atomic E-state index is 13.5. The minimum Gasteiger partial charge on any atom is -0.493 e. The van der Waals surface area contributed by atoms with E-state index in [2.05, 4.69) is 31.7 Å². The molecule has 0 spiro atoms. The molecule has 1 saturated heterocycles. The van der Waals surface area contributed by atoms with E-state index in [1.165, 1.54) is 5.57 Å². The first-order valence-corrected chi connectivity index (χ1v) is 13.6. The molecule has 3 rings (SSSR count). The van der Waals surface area contributed by atoms with Gasteiger partial charge in [0.05, 0.1) is 19.6 Å². The van der Waals surface area contributed by atoms with Crippen LogP contribution in [0.1, 0.15) is 65.4 Å². The predicted molar refractivity (Wildman–Crippen MR) is 147 cm³/mol. The quantitative estimate of drug-likeness (QED) is 0.369. The largest absolute Gasteiger partial charge is 0.493 e. The van der Waals surface area contributed by atoms with Crippen molar-refractivity contribution in [2.75, 3.05) is 46.6 Å². The molecule has 0 radical (unpaired) electrons. The molecule has 0 bridgehead atoms. The summed E-state index contributed by atoms with van der Waals surface area (Å²) in [5.74, 6) is -0.350. The first-order chi connectivity index (χ1) is 18.0. The molecule has 0 aromatic heterocycles. The van der Waals surface area contributed by atoms with Gasteiger partial charge in [-0.1, -0.05) is 38.8 Å². The van der Waals surface area contributed by atoms with Crippen LogP contribution in [-0.2, 0) is 9.59 Å². The van der Waals surface area contributed by atoms with Crippen molar-refractivity contribution >= 4 is 11.9 Å². The summed E-state index contributed by atoms with van der Waals surface area (Å²) in [6.07, 6.45) is 4.67. The van der Waals surface area contributed by atoms with E-state index in [9.17, 15) is 14.7 Å². The predicted octanol–water partition coefficient (Wildman–Crippen LogP) is 3.86. The number of carbonyl (C=O) groups is 2. The highest BCUT2D eigenvalue weighted by Crippen LogP contribution is 2.48. The molecule has 9 heteroatoms. The summed E-state index contributed by atoms with van der Waals surface area (Å²) in [6.45, 7) is 12.7. The summed E-state index contributed by atoms with van der Waals surface area (Å²) in [5, 5.41) is 10.5.